The zero-order chi connectivity index (χ0) is 14.8. The van der Waals surface area contributed by atoms with Crippen LogP contribution in [0.25, 0.3) is 11.3 Å². The Kier molecular flexibility index (Phi) is 3.14. The van der Waals surface area contributed by atoms with E-state index in [4.69, 9.17) is 0 Å². The molecule has 9 nitrogen and oxygen atoms in total. The normalized spacial score (nSPS) is 10.7. The largest absolute Gasteiger partial charge is 0.476 e. The number of rotatable bonds is 4. The lowest BCUT2D eigenvalue weighted by Gasteiger charge is -2.04. The molecule has 0 spiro atoms. The number of aryl methyl sites for hydroxylation is 1. The van der Waals surface area contributed by atoms with Crippen molar-refractivity contribution in [2.75, 3.05) is 0 Å². The lowest BCUT2D eigenvalue weighted by atomic mass is 10.1. The van der Waals surface area contributed by atoms with Crippen molar-refractivity contribution in [1.82, 2.24) is 35.2 Å². The molecule has 2 aromatic heterocycles. The first kappa shape index (κ1) is 12.9. The van der Waals surface area contributed by atoms with Crippen molar-refractivity contribution in [3.05, 3.63) is 41.9 Å². The molecule has 0 amide bonds. The van der Waals surface area contributed by atoms with Crippen LogP contribution in [0.3, 0.4) is 0 Å². The van der Waals surface area contributed by atoms with Crippen LogP contribution in [0.2, 0.25) is 0 Å². The number of carboxylic acids is 1. The molecule has 0 radical (unpaired) electrons. The number of aromatic carboxylic acids is 1. The molecule has 0 bridgehead atoms. The van der Waals surface area contributed by atoms with Crippen LogP contribution in [-0.4, -0.2) is 46.3 Å². The van der Waals surface area contributed by atoms with Gasteiger partial charge in [0.15, 0.2) is 11.5 Å². The first-order valence-electron chi connectivity index (χ1n) is 6.10. The van der Waals surface area contributed by atoms with Crippen molar-refractivity contribution < 1.29 is 9.90 Å². The molecule has 21 heavy (non-hydrogen) atoms. The number of benzene rings is 1. The lowest BCUT2D eigenvalue weighted by Crippen LogP contribution is -2.07. The third-order valence-electron chi connectivity index (χ3n) is 2.83. The molecular weight excluding hydrogens is 274 g/mol. The molecular formula is C12H11N7O2. The van der Waals surface area contributed by atoms with Crippen LogP contribution in [0.1, 0.15) is 16.3 Å². The smallest absolute Gasteiger partial charge is 0.358 e. The van der Waals surface area contributed by atoms with E-state index in [9.17, 15) is 9.90 Å². The SMILES string of the molecule is Cn1nnc(Cn2nnc(C(=O)O)c2-c2ccccc2)n1. The topological polar surface area (TPSA) is 112 Å². The second-order valence-corrected chi connectivity index (χ2v) is 4.31. The van der Waals surface area contributed by atoms with Crippen molar-refractivity contribution in [1.29, 1.82) is 0 Å². The van der Waals surface area contributed by atoms with Crippen LogP contribution in [0.5, 0.6) is 0 Å². The monoisotopic (exact) mass is 285 g/mol. The van der Waals surface area contributed by atoms with Gasteiger partial charge in [0, 0.05) is 5.56 Å². The van der Waals surface area contributed by atoms with Gasteiger partial charge in [0.2, 0.25) is 0 Å². The Hall–Kier alpha value is -3.10. The predicted molar refractivity (Wildman–Crippen MR) is 70.3 cm³/mol. The van der Waals surface area contributed by atoms with Crippen LogP contribution in [-0.2, 0) is 13.6 Å². The van der Waals surface area contributed by atoms with Crippen molar-refractivity contribution in [2.24, 2.45) is 7.05 Å². The molecule has 0 fully saturated rings. The molecule has 0 aliphatic rings. The van der Waals surface area contributed by atoms with Gasteiger partial charge >= 0.3 is 5.97 Å². The summed E-state index contributed by atoms with van der Waals surface area (Å²) >= 11 is 0. The fourth-order valence-corrected chi connectivity index (χ4v) is 1.97. The van der Waals surface area contributed by atoms with Gasteiger partial charge in [-0.2, -0.15) is 4.80 Å². The van der Waals surface area contributed by atoms with E-state index in [0.717, 1.165) is 0 Å². The number of tetrazole rings is 1. The fraction of sp³-hybridized carbons (Fsp3) is 0.167. The zero-order valence-corrected chi connectivity index (χ0v) is 11.1. The highest BCUT2D eigenvalue weighted by atomic mass is 16.4. The van der Waals surface area contributed by atoms with E-state index >= 15 is 0 Å². The molecule has 0 atom stereocenters. The Labute approximate surface area is 118 Å². The van der Waals surface area contributed by atoms with Gasteiger partial charge in [-0.05, 0) is 5.21 Å². The third kappa shape index (κ3) is 2.48. The fourth-order valence-electron chi connectivity index (χ4n) is 1.97. The molecule has 0 aliphatic heterocycles. The molecule has 1 N–H and O–H groups in total. The summed E-state index contributed by atoms with van der Waals surface area (Å²) in [5, 5.41) is 28.5. The maximum absolute atomic E-state index is 11.3. The number of nitrogens with zero attached hydrogens (tertiary/aromatic N) is 7. The number of carboxylic acid groups (broad SMARTS) is 1. The highest BCUT2D eigenvalue weighted by molar-refractivity contribution is 5.92. The molecule has 0 unspecified atom stereocenters. The van der Waals surface area contributed by atoms with E-state index in [1.165, 1.54) is 9.48 Å². The van der Waals surface area contributed by atoms with Crippen molar-refractivity contribution >= 4 is 5.97 Å². The van der Waals surface area contributed by atoms with E-state index in [1.807, 2.05) is 18.2 Å². The Morgan fingerprint density at radius 3 is 2.57 bits per heavy atom. The minimum Gasteiger partial charge on any atom is -0.476 e. The molecule has 0 aliphatic carbocycles. The maximum Gasteiger partial charge on any atom is 0.358 e. The maximum atomic E-state index is 11.3. The molecule has 0 saturated carbocycles. The summed E-state index contributed by atoms with van der Waals surface area (Å²) in [5.41, 5.74) is 1.02. The van der Waals surface area contributed by atoms with Crippen molar-refractivity contribution in [3.8, 4) is 11.3 Å². The Balaban J connectivity index is 2.07. The molecule has 9 heteroatoms. The first-order chi connectivity index (χ1) is 10.1. The summed E-state index contributed by atoms with van der Waals surface area (Å²) in [6.45, 7) is 0.193. The molecule has 2 heterocycles. The Morgan fingerprint density at radius 1 is 1.19 bits per heavy atom. The van der Waals surface area contributed by atoms with Gasteiger partial charge in [-0.3, -0.25) is 0 Å². The number of carbonyl (C=O) groups is 1. The summed E-state index contributed by atoms with van der Waals surface area (Å²) in [5.74, 6) is -0.705. The van der Waals surface area contributed by atoms with Crippen LogP contribution >= 0.6 is 0 Å². The van der Waals surface area contributed by atoms with Gasteiger partial charge in [0.05, 0.1) is 7.05 Å². The number of aromatic nitrogens is 7. The average Bonchev–Trinajstić information content (AvgIpc) is 3.07. The van der Waals surface area contributed by atoms with Crippen LogP contribution in [0.15, 0.2) is 30.3 Å². The summed E-state index contributed by atoms with van der Waals surface area (Å²) < 4.78 is 1.45. The van der Waals surface area contributed by atoms with Gasteiger partial charge in [-0.15, -0.1) is 15.3 Å². The van der Waals surface area contributed by atoms with E-state index in [2.05, 4.69) is 25.7 Å². The van der Waals surface area contributed by atoms with E-state index in [1.54, 1.807) is 19.2 Å². The Morgan fingerprint density at radius 2 is 1.95 bits per heavy atom. The van der Waals surface area contributed by atoms with E-state index in [-0.39, 0.29) is 12.2 Å². The number of hydrogen-bond acceptors (Lipinski definition) is 6. The van der Waals surface area contributed by atoms with Gasteiger partial charge < -0.3 is 5.11 Å². The van der Waals surface area contributed by atoms with Crippen LogP contribution in [0.4, 0.5) is 0 Å². The van der Waals surface area contributed by atoms with Crippen molar-refractivity contribution in [2.45, 2.75) is 6.54 Å². The molecule has 3 rings (SSSR count). The molecule has 0 saturated heterocycles. The predicted octanol–water partition coefficient (Wildman–Crippen LogP) is 0.215. The van der Waals surface area contributed by atoms with Crippen LogP contribution in [0, 0.1) is 0 Å². The Bertz CT molecular complexity index is 778. The van der Waals surface area contributed by atoms with Crippen molar-refractivity contribution in [3.63, 3.8) is 0 Å². The summed E-state index contributed by atoms with van der Waals surface area (Å²) in [6, 6.07) is 9.08. The standard InChI is InChI=1S/C12H11N7O2/c1-18-15-9(13-16-18)7-19-11(8-5-3-2-4-6-8)10(12(20)21)14-17-19/h2-6H,7H2,1H3,(H,20,21). The zero-order valence-electron chi connectivity index (χ0n) is 11.1. The minimum atomic E-state index is -1.13. The second-order valence-electron chi connectivity index (χ2n) is 4.31. The second kappa shape index (κ2) is 5.12. The van der Waals surface area contributed by atoms with Gasteiger partial charge in [-0.25, -0.2) is 9.48 Å². The minimum absolute atomic E-state index is 0.106. The van der Waals surface area contributed by atoms with Gasteiger partial charge in [0.1, 0.15) is 12.2 Å². The molecule has 106 valence electrons. The lowest BCUT2D eigenvalue weighted by molar-refractivity contribution is 0.0691. The van der Waals surface area contributed by atoms with Gasteiger partial charge in [0.25, 0.3) is 0 Å². The van der Waals surface area contributed by atoms with Crippen LogP contribution < -0.4 is 0 Å². The van der Waals surface area contributed by atoms with E-state index < -0.39 is 5.97 Å². The quantitative estimate of drug-likeness (QED) is 0.729. The number of hydrogen-bond donors (Lipinski definition) is 1. The molecule has 3 aromatic rings. The van der Waals surface area contributed by atoms with Gasteiger partial charge in [-0.1, -0.05) is 35.5 Å². The summed E-state index contributed by atoms with van der Waals surface area (Å²) in [4.78, 5) is 12.6. The highest BCUT2D eigenvalue weighted by Crippen LogP contribution is 2.22. The summed E-state index contributed by atoms with van der Waals surface area (Å²) in [6.07, 6.45) is 0. The third-order valence-corrected chi connectivity index (χ3v) is 2.83. The summed E-state index contributed by atoms with van der Waals surface area (Å²) in [7, 11) is 1.65. The average molecular weight is 285 g/mol. The first-order valence-corrected chi connectivity index (χ1v) is 6.10. The highest BCUT2D eigenvalue weighted by Gasteiger charge is 2.21. The molecule has 1 aromatic carbocycles. The van der Waals surface area contributed by atoms with E-state index in [0.29, 0.717) is 17.1 Å².